The van der Waals surface area contributed by atoms with Crippen LogP contribution in [0.25, 0.3) is 0 Å². The van der Waals surface area contributed by atoms with Crippen LogP contribution in [0.1, 0.15) is 19.8 Å². The molecule has 2 fully saturated rings. The molecule has 0 bridgehead atoms. The molecule has 2 amide bonds. The molecule has 0 saturated carbocycles. The zero-order valence-corrected chi connectivity index (χ0v) is 14.2. The molecule has 132 valence electrons. The molecule has 1 atom stereocenters. The van der Waals surface area contributed by atoms with Crippen molar-refractivity contribution in [3.8, 4) is 0 Å². The van der Waals surface area contributed by atoms with E-state index < -0.39 is 0 Å². The van der Waals surface area contributed by atoms with E-state index in [-0.39, 0.29) is 17.7 Å². The van der Waals surface area contributed by atoms with Crippen molar-refractivity contribution in [1.82, 2.24) is 20.4 Å². The van der Waals surface area contributed by atoms with E-state index in [4.69, 9.17) is 4.74 Å². The molecule has 2 N–H and O–H groups in total. The Kier molecular flexibility index (Phi) is 7.78. The van der Waals surface area contributed by atoms with E-state index in [0.717, 1.165) is 52.4 Å². The smallest absolute Gasteiger partial charge is 0.225 e. The molecule has 2 rings (SSSR count). The van der Waals surface area contributed by atoms with Gasteiger partial charge in [-0.05, 0) is 13.0 Å². The Balaban J connectivity index is 1.64. The zero-order chi connectivity index (χ0) is 16.5. The average molecular weight is 326 g/mol. The van der Waals surface area contributed by atoms with Gasteiger partial charge >= 0.3 is 0 Å². The summed E-state index contributed by atoms with van der Waals surface area (Å²) in [6.07, 6.45) is 1.43. The standard InChI is InChI=1S/C16H30N4O3/c1-2-3-17-4-5-18-16(22)14-12-15(21)20(13-14)7-6-19-8-10-23-11-9-19/h14,17H,2-13H2,1H3,(H,18,22). The van der Waals surface area contributed by atoms with Crippen molar-refractivity contribution in [3.05, 3.63) is 0 Å². The number of nitrogens with zero attached hydrogens (tertiary/aromatic N) is 2. The number of carbonyl (C=O) groups is 2. The fraction of sp³-hybridized carbons (Fsp3) is 0.875. The van der Waals surface area contributed by atoms with Gasteiger partial charge in [-0.25, -0.2) is 0 Å². The van der Waals surface area contributed by atoms with E-state index in [1.165, 1.54) is 0 Å². The van der Waals surface area contributed by atoms with Crippen molar-refractivity contribution in [3.63, 3.8) is 0 Å². The molecule has 0 aliphatic carbocycles. The summed E-state index contributed by atoms with van der Waals surface area (Å²) in [5.74, 6) is -0.0913. The molecule has 0 radical (unpaired) electrons. The van der Waals surface area contributed by atoms with Crippen molar-refractivity contribution in [2.45, 2.75) is 19.8 Å². The summed E-state index contributed by atoms with van der Waals surface area (Å²) >= 11 is 0. The quantitative estimate of drug-likeness (QED) is 0.547. The van der Waals surface area contributed by atoms with Crippen molar-refractivity contribution in [2.75, 3.05) is 65.6 Å². The molecule has 0 aromatic rings. The van der Waals surface area contributed by atoms with Crippen molar-refractivity contribution >= 4 is 11.8 Å². The Hall–Kier alpha value is -1.18. The molecular formula is C16H30N4O3. The van der Waals surface area contributed by atoms with Crippen molar-refractivity contribution in [2.24, 2.45) is 5.92 Å². The van der Waals surface area contributed by atoms with E-state index >= 15 is 0 Å². The number of rotatable bonds is 9. The first kappa shape index (κ1) is 18.2. The maximum absolute atomic E-state index is 12.1. The molecule has 7 heteroatoms. The van der Waals surface area contributed by atoms with Crippen LogP contribution in [0.2, 0.25) is 0 Å². The van der Waals surface area contributed by atoms with Gasteiger partial charge in [0.2, 0.25) is 11.8 Å². The molecule has 1 unspecified atom stereocenters. The number of amides is 2. The topological polar surface area (TPSA) is 73.9 Å². The molecule has 0 spiro atoms. The third kappa shape index (κ3) is 6.08. The van der Waals surface area contributed by atoms with Gasteiger partial charge in [-0.1, -0.05) is 6.92 Å². The number of carbonyl (C=O) groups excluding carboxylic acids is 2. The largest absolute Gasteiger partial charge is 0.379 e. The summed E-state index contributed by atoms with van der Waals surface area (Å²) in [5.41, 5.74) is 0. The van der Waals surface area contributed by atoms with Crippen LogP contribution in [0.4, 0.5) is 0 Å². The maximum Gasteiger partial charge on any atom is 0.225 e. The van der Waals surface area contributed by atoms with E-state index in [9.17, 15) is 9.59 Å². The first-order valence-electron chi connectivity index (χ1n) is 8.77. The van der Waals surface area contributed by atoms with Crippen LogP contribution in [0.15, 0.2) is 0 Å². The minimum Gasteiger partial charge on any atom is -0.379 e. The summed E-state index contributed by atoms with van der Waals surface area (Å²) in [4.78, 5) is 28.3. The third-order valence-corrected chi connectivity index (χ3v) is 4.40. The lowest BCUT2D eigenvalue weighted by Crippen LogP contribution is -2.42. The fourth-order valence-electron chi connectivity index (χ4n) is 2.97. The third-order valence-electron chi connectivity index (χ3n) is 4.40. The van der Waals surface area contributed by atoms with Crippen LogP contribution in [0.3, 0.4) is 0 Å². The summed E-state index contributed by atoms with van der Waals surface area (Å²) in [7, 11) is 0. The monoisotopic (exact) mass is 326 g/mol. The predicted octanol–water partition coefficient (Wildman–Crippen LogP) is -0.717. The molecule has 2 saturated heterocycles. The lowest BCUT2D eigenvalue weighted by atomic mass is 10.1. The first-order valence-corrected chi connectivity index (χ1v) is 8.77. The van der Waals surface area contributed by atoms with Crippen LogP contribution in [-0.2, 0) is 14.3 Å². The average Bonchev–Trinajstić information content (AvgIpc) is 2.94. The Morgan fingerprint density at radius 3 is 2.74 bits per heavy atom. The highest BCUT2D eigenvalue weighted by molar-refractivity contribution is 5.89. The molecule has 7 nitrogen and oxygen atoms in total. The van der Waals surface area contributed by atoms with Gasteiger partial charge in [0.1, 0.15) is 0 Å². The summed E-state index contributed by atoms with van der Waals surface area (Å²) in [6, 6.07) is 0. The highest BCUT2D eigenvalue weighted by atomic mass is 16.5. The van der Waals surface area contributed by atoms with Crippen molar-refractivity contribution in [1.29, 1.82) is 0 Å². The summed E-state index contributed by atoms with van der Waals surface area (Å²) in [6.45, 7) is 10.00. The van der Waals surface area contributed by atoms with E-state index in [0.29, 0.717) is 26.1 Å². The molecule has 2 aliphatic heterocycles. The van der Waals surface area contributed by atoms with E-state index in [2.05, 4.69) is 22.5 Å². The van der Waals surface area contributed by atoms with Crippen LogP contribution in [0.5, 0.6) is 0 Å². The zero-order valence-electron chi connectivity index (χ0n) is 14.2. The van der Waals surface area contributed by atoms with Crippen LogP contribution in [-0.4, -0.2) is 87.2 Å². The summed E-state index contributed by atoms with van der Waals surface area (Å²) < 4.78 is 5.32. The van der Waals surface area contributed by atoms with E-state index in [1.54, 1.807) is 0 Å². The van der Waals surface area contributed by atoms with Gasteiger partial charge in [0, 0.05) is 52.2 Å². The Morgan fingerprint density at radius 2 is 2.00 bits per heavy atom. The van der Waals surface area contributed by atoms with Gasteiger partial charge in [0.05, 0.1) is 19.1 Å². The summed E-state index contributed by atoms with van der Waals surface area (Å²) in [5, 5.41) is 6.17. The fourth-order valence-corrected chi connectivity index (χ4v) is 2.97. The Bertz CT molecular complexity index is 386. The van der Waals surface area contributed by atoms with Gasteiger partial charge in [0.15, 0.2) is 0 Å². The highest BCUT2D eigenvalue weighted by Gasteiger charge is 2.34. The SMILES string of the molecule is CCCNCCNC(=O)C1CC(=O)N(CCN2CCOCC2)C1. The maximum atomic E-state index is 12.1. The lowest BCUT2D eigenvalue weighted by molar-refractivity contribution is -0.129. The number of nitrogens with one attached hydrogen (secondary N) is 2. The molecule has 2 aliphatic rings. The van der Waals surface area contributed by atoms with Crippen molar-refractivity contribution < 1.29 is 14.3 Å². The number of morpholine rings is 1. The molecule has 0 aromatic carbocycles. The van der Waals surface area contributed by atoms with Gasteiger partial charge in [-0.3, -0.25) is 14.5 Å². The van der Waals surface area contributed by atoms with Gasteiger partial charge in [-0.15, -0.1) is 0 Å². The number of likely N-dealkylation sites (tertiary alicyclic amines) is 1. The molecule has 0 aromatic heterocycles. The van der Waals surface area contributed by atoms with Crippen LogP contribution in [0, 0.1) is 5.92 Å². The molecule has 2 heterocycles. The second kappa shape index (κ2) is 9.85. The van der Waals surface area contributed by atoms with Gasteiger partial charge < -0.3 is 20.3 Å². The Morgan fingerprint density at radius 1 is 1.22 bits per heavy atom. The second-order valence-corrected chi connectivity index (χ2v) is 6.24. The van der Waals surface area contributed by atoms with Gasteiger partial charge in [-0.2, -0.15) is 0 Å². The molecular weight excluding hydrogens is 296 g/mol. The predicted molar refractivity (Wildman–Crippen MR) is 88.1 cm³/mol. The number of hydrogen-bond acceptors (Lipinski definition) is 5. The Labute approximate surface area is 138 Å². The number of ether oxygens (including phenoxy) is 1. The van der Waals surface area contributed by atoms with Crippen LogP contribution >= 0.6 is 0 Å². The first-order chi connectivity index (χ1) is 11.2. The minimum absolute atomic E-state index is 0.00511. The second-order valence-electron chi connectivity index (χ2n) is 6.24. The van der Waals surface area contributed by atoms with Gasteiger partial charge in [0.25, 0.3) is 0 Å². The number of hydrogen-bond donors (Lipinski definition) is 2. The normalized spacial score (nSPS) is 22.6. The van der Waals surface area contributed by atoms with E-state index in [1.807, 2.05) is 4.90 Å². The van der Waals surface area contributed by atoms with Crippen LogP contribution < -0.4 is 10.6 Å². The lowest BCUT2D eigenvalue weighted by Gasteiger charge is -2.28. The minimum atomic E-state index is -0.196. The highest BCUT2D eigenvalue weighted by Crippen LogP contribution is 2.17. The molecule has 23 heavy (non-hydrogen) atoms.